The molecule has 19 heavy (non-hydrogen) atoms. The lowest BCUT2D eigenvalue weighted by atomic mass is 10.0. The highest BCUT2D eigenvalue weighted by Crippen LogP contribution is 2.25. The molecule has 0 saturated carbocycles. The summed E-state index contributed by atoms with van der Waals surface area (Å²) in [4.78, 5) is 15.3. The number of ether oxygens (including phenoxy) is 1. The summed E-state index contributed by atoms with van der Waals surface area (Å²) in [6.45, 7) is 6.64. The van der Waals surface area contributed by atoms with E-state index in [9.17, 15) is 4.79 Å². The van der Waals surface area contributed by atoms with Crippen LogP contribution in [0.25, 0.3) is 0 Å². The standard InChI is InChI=1S/C14H20ClNO2S/c1-3-18-11-6-8-16(9-7-11)10(2)14(17)12-4-5-13(15)19-12/h4-5,10-11H,3,6-9H2,1-2H3. The molecule has 0 aromatic carbocycles. The molecule has 106 valence electrons. The van der Waals surface area contributed by atoms with Gasteiger partial charge in [0, 0.05) is 19.7 Å². The summed E-state index contributed by atoms with van der Waals surface area (Å²) >= 11 is 7.25. The average molecular weight is 302 g/mol. The molecule has 1 atom stereocenters. The molecular weight excluding hydrogens is 282 g/mol. The number of Topliss-reactive ketones (excluding diaryl/α,β-unsaturated/α-hetero) is 1. The summed E-state index contributed by atoms with van der Waals surface area (Å²) in [6.07, 6.45) is 2.38. The van der Waals surface area contributed by atoms with E-state index in [4.69, 9.17) is 16.3 Å². The van der Waals surface area contributed by atoms with Crippen LogP contribution in [0.15, 0.2) is 12.1 Å². The molecule has 1 aliphatic rings. The summed E-state index contributed by atoms with van der Waals surface area (Å²) < 4.78 is 6.30. The first-order valence-corrected chi connectivity index (χ1v) is 7.96. The number of hydrogen-bond donors (Lipinski definition) is 0. The summed E-state index contributed by atoms with van der Waals surface area (Å²) in [5.74, 6) is 0.173. The van der Waals surface area contributed by atoms with Crippen LogP contribution < -0.4 is 0 Å². The van der Waals surface area contributed by atoms with E-state index >= 15 is 0 Å². The second kappa shape index (κ2) is 6.84. The van der Waals surface area contributed by atoms with Gasteiger partial charge in [0.25, 0.3) is 0 Å². The molecule has 0 spiro atoms. The third kappa shape index (κ3) is 3.78. The number of carbonyl (C=O) groups is 1. The second-order valence-corrected chi connectivity index (χ2v) is 6.55. The Hall–Kier alpha value is -0.420. The first kappa shape index (κ1) is 15.0. The Morgan fingerprint density at radius 1 is 1.53 bits per heavy atom. The summed E-state index contributed by atoms with van der Waals surface area (Å²) in [6, 6.07) is 3.53. The zero-order valence-corrected chi connectivity index (χ0v) is 13.0. The van der Waals surface area contributed by atoms with Crippen LogP contribution in [-0.4, -0.2) is 42.5 Å². The molecule has 1 aromatic heterocycles. The van der Waals surface area contributed by atoms with E-state index in [-0.39, 0.29) is 11.8 Å². The molecule has 0 aliphatic carbocycles. The van der Waals surface area contributed by atoms with Gasteiger partial charge >= 0.3 is 0 Å². The summed E-state index contributed by atoms with van der Waals surface area (Å²) in [7, 11) is 0. The lowest BCUT2D eigenvalue weighted by Crippen LogP contribution is -2.45. The zero-order valence-electron chi connectivity index (χ0n) is 11.4. The quantitative estimate of drug-likeness (QED) is 0.780. The SMILES string of the molecule is CCOC1CCN(C(C)C(=O)c2ccc(Cl)s2)CC1. The number of thiophene rings is 1. The Bertz CT molecular complexity index is 427. The van der Waals surface area contributed by atoms with Crippen LogP contribution in [0, 0.1) is 0 Å². The number of nitrogens with zero attached hydrogens (tertiary/aromatic N) is 1. The van der Waals surface area contributed by atoms with Gasteiger partial charge in [0.1, 0.15) is 0 Å². The van der Waals surface area contributed by atoms with Gasteiger partial charge in [0.15, 0.2) is 5.78 Å². The van der Waals surface area contributed by atoms with Gasteiger partial charge in [-0.05, 0) is 38.8 Å². The van der Waals surface area contributed by atoms with Crippen molar-refractivity contribution in [2.75, 3.05) is 19.7 Å². The molecule has 0 bridgehead atoms. The van der Waals surface area contributed by atoms with Crippen LogP contribution in [0.3, 0.4) is 0 Å². The Labute approximate surface area is 123 Å². The molecule has 1 saturated heterocycles. The van der Waals surface area contributed by atoms with Crippen LogP contribution in [0.4, 0.5) is 0 Å². The van der Waals surface area contributed by atoms with Crippen molar-refractivity contribution >= 4 is 28.7 Å². The average Bonchev–Trinajstić information content (AvgIpc) is 2.85. The van der Waals surface area contributed by atoms with Gasteiger partial charge in [0.2, 0.25) is 0 Å². The zero-order chi connectivity index (χ0) is 13.8. The number of ketones is 1. The van der Waals surface area contributed by atoms with Gasteiger partial charge in [-0.1, -0.05) is 11.6 Å². The molecule has 1 fully saturated rings. The monoisotopic (exact) mass is 301 g/mol. The Kier molecular flexibility index (Phi) is 5.39. The minimum Gasteiger partial charge on any atom is -0.378 e. The van der Waals surface area contributed by atoms with Gasteiger partial charge < -0.3 is 4.74 Å². The Balaban J connectivity index is 1.90. The lowest BCUT2D eigenvalue weighted by molar-refractivity contribution is 0.00682. The van der Waals surface area contributed by atoms with Crippen molar-refractivity contribution in [1.29, 1.82) is 0 Å². The highest BCUT2D eigenvalue weighted by atomic mass is 35.5. The predicted molar refractivity (Wildman–Crippen MR) is 79.3 cm³/mol. The van der Waals surface area contributed by atoms with Crippen LogP contribution in [0.2, 0.25) is 4.34 Å². The number of rotatable bonds is 5. The largest absolute Gasteiger partial charge is 0.378 e. The molecule has 1 unspecified atom stereocenters. The van der Waals surface area contributed by atoms with Crippen LogP contribution >= 0.6 is 22.9 Å². The molecule has 5 heteroatoms. The highest BCUT2D eigenvalue weighted by molar-refractivity contribution is 7.18. The fourth-order valence-electron chi connectivity index (χ4n) is 2.48. The number of piperidine rings is 1. The topological polar surface area (TPSA) is 29.5 Å². The van der Waals surface area contributed by atoms with Crippen molar-refractivity contribution in [2.24, 2.45) is 0 Å². The smallest absolute Gasteiger partial charge is 0.189 e. The van der Waals surface area contributed by atoms with Crippen molar-refractivity contribution in [2.45, 2.75) is 38.8 Å². The normalized spacial score (nSPS) is 19.5. The van der Waals surface area contributed by atoms with E-state index in [2.05, 4.69) is 4.90 Å². The first-order valence-electron chi connectivity index (χ1n) is 6.77. The minimum absolute atomic E-state index is 0.0720. The van der Waals surface area contributed by atoms with E-state index < -0.39 is 0 Å². The van der Waals surface area contributed by atoms with Gasteiger partial charge in [-0.25, -0.2) is 0 Å². The maximum atomic E-state index is 12.3. The third-order valence-electron chi connectivity index (χ3n) is 3.62. The molecule has 1 aliphatic heterocycles. The Morgan fingerprint density at radius 3 is 2.74 bits per heavy atom. The molecular formula is C14H20ClNO2S. The van der Waals surface area contributed by atoms with Gasteiger partial charge in [0.05, 0.1) is 21.4 Å². The van der Waals surface area contributed by atoms with Crippen molar-refractivity contribution in [3.8, 4) is 0 Å². The summed E-state index contributed by atoms with van der Waals surface area (Å²) in [5, 5.41) is 0. The minimum atomic E-state index is -0.0720. The van der Waals surface area contributed by atoms with Gasteiger partial charge in [-0.3, -0.25) is 9.69 Å². The van der Waals surface area contributed by atoms with Crippen molar-refractivity contribution in [3.63, 3.8) is 0 Å². The third-order valence-corrected chi connectivity index (χ3v) is 4.87. The summed E-state index contributed by atoms with van der Waals surface area (Å²) in [5.41, 5.74) is 0. The first-order chi connectivity index (χ1) is 9.11. The van der Waals surface area contributed by atoms with Gasteiger partial charge in [-0.15, -0.1) is 11.3 Å². The number of hydrogen-bond acceptors (Lipinski definition) is 4. The van der Waals surface area contributed by atoms with E-state index in [0.717, 1.165) is 37.4 Å². The fourth-order valence-corrected chi connectivity index (χ4v) is 3.55. The maximum absolute atomic E-state index is 12.3. The second-order valence-electron chi connectivity index (χ2n) is 4.83. The van der Waals surface area contributed by atoms with Crippen molar-refractivity contribution in [1.82, 2.24) is 4.90 Å². The number of likely N-dealkylation sites (tertiary alicyclic amines) is 1. The Morgan fingerprint density at radius 2 is 2.21 bits per heavy atom. The molecule has 2 heterocycles. The van der Waals surface area contributed by atoms with Crippen LogP contribution in [0.5, 0.6) is 0 Å². The number of carbonyl (C=O) groups excluding carboxylic acids is 1. The van der Waals surface area contributed by atoms with Gasteiger partial charge in [-0.2, -0.15) is 0 Å². The molecule has 1 aromatic rings. The van der Waals surface area contributed by atoms with Crippen LogP contribution in [-0.2, 0) is 4.74 Å². The van der Waals surface area contributed by atoms with Crippen molar-refractivity contribution < 1.29 is 9.53 Å². The molecule has 0 N–H and O–H groups in total. The van der Waals surface area contributed by atoms with E-state index in [1.807, 2.05) is 19.9 Å². The molecule has 0 amide bonds. The van der Waals surface area contributed by atoms with E-state index in [1.54, 1.807) is 6.07 Å². The van der Waals surface area contributed by atoms with E-state index in [1.165, 1.54) is 11.3 Å². The van der Waals surface area contributed by atoms with Crippen LogP contribution in [0.1, 0.15) is 36.4 Å². The van der Waals surface area contributed by atoms with Crippen molar-refractivity contribution in [3.05, 3.63) is 21.3 Å². The van der Waals surface area contributed by atoms with E-state index in [0.29, 0.717) is 10.4 Å². The molecule has 3 nitrogen and oxygen atoms in total. The lowest BCUT2D eigenvalue weighted by Gasteiger charge is -2.34. The highest BCUT2D eigenvalue weighted by Gasteiger charge is 2.27. The predicted octanol–water partition coefficient (Wildman–Crippen LogP) is 3.47. The molecule has 0 radical (unpaired) electrons. The fraction of sp³-hybridized carbons (Fsp3) is 0.643. The maximum Gasteiger partial charge on any atom is 0.189 e. The number of halogens is 1. The molecule has 2 rings (SSSR count).